The average molecular weight is 575 g/mol. The maximum Gasteiger partial charge on any atom is 0.417 e. The Morgan fingerprint density at radius 1 is 1.10 bits per heavy atom. The van der Waals surface area contributed by atoms with Crippen molar-refractivity contribution in [1.82, 2.24) is 24.1 Å². The number of aryl methyl sites for hydroxylation is 1. The summed E-state index contributed by atoms with van der Waals surface area (Å²) < 4.78 is 44.2. The van der Waals surface area contributed by atoms with E-state index in [1.54, 1.807) is 6.92 Å². The first-order valence-corrected chi connectivity index (χ1v) is 13.2. The number of nitrogens with zero attached hydrogens (tertiary/aromatic N) is 5. The molecule has 2 aromatic carbocycles. The zero-order valence-corrected chi connectivity index (χ0v) is 23.1. The molecule has 2 heterocycles. The van der Waals surface area contributed by atoms with Crippen LogP contribution in [-0.4, -0.2) is 43.1 Å². The summed E-state index contributed by atoms with van der Waals surface area (Å²) >= 11 is 6.46. The van der Waals surface area contributed by atoms with Gasteiger partial charge in [-0.25, -0.2) is 9.78 Å². The quantitative estimate of drug-likeness (QED) is 0.300. The van der Waals surface area contributed by atoms with Crippen molar-refractivity contribution in [2.24, 2.45) is 11.7 Å². The maximum atomic E-state index is 14.0. The maximum absolute atomic E-state index is 14.0. The van der Waals surface area contributed by atoms with Crippen LogP contribution in [0.5, 0.6) is 0 Å². The molecule has 0 spiro atoms. The minimum atomic E-state index is -4.74. The number of carbonyl (C=O) groups excluding carboxylic acids is 1. The molecule has 1 unspecified atom stereocenters. The Labute approximate surface area is 234 Å². The zero-order valence-electron chi connectivity index (χ0n) is 22.3. The van der Waals surface area contributed by atoms with Crippen LogP contribution in [-0.2, 0) is 12.7 Å². The van der Waals surface area contributed by atoms with Crippen molar-refractivity contribution in [1.29, 1.82) is 0 Å². The van der Waals surface area contributed by atoms with E-state index in [-0.39, 0.29) is 42.0 Å². The topological polar surface area (TPSA) is 98.5 Å². The summed E-state index contributed by atoms with van der Waals surface area (Å²) in [4.78, 5) is 33.8. The third-order valence-electron chi connectivity index (χ3n) is 6.62. The lowest BCUT2D eigenvalue weighted by Gasteiger charge is -2.35. The van der Waals surface area contributed by atoms with E-state index >= 15 is 0 Å². The molecule has 2 N–H and O–H groups in total. The summed E-state index contributed by atoms with van der Waals surface area (Å²) in [6.07, 6.45) is -4.42. The Balaban J connectivity index is 1.97. The number of aromatic nitrogens is 4. The summed E-state index contributed by atoms with van der Waals surface area (Å²) in [6, 6.07) is 12.9. The van der Waals surface area contributed by atoms with Gasteiger partial charge in [0.1, 0.15) is 10.8 Å². The standard InChI is InChI=1S/C28H30ClF3N6O2/c1-17(2)23(36(15-9-14-33)26(39)20-12-7-8-13-21(20)28(30,31)32)25-34-24-22(29)18(3)35-38(24)27(40)37(25)16-19-10-5-4-6-11-19/h4-8,10-13,17,23H,9,14-16,33H2,1-3H3. The average Bonchev–Trinajstić information content (AvgIpc) is 3.21. The molecule has 0 saturated heterocycles. The lowest BCUT2D eigenvalue weighted by atomic mass is 9.98. The second kappa shape index (κ2) is 11.8. The fourth-order valence-electron chi connectivity index (χ4n) is 4.74. The Morgan fingerprint density at radius 3 is 2.38 bits per heavy atom. The van der Waals surface area contributed by atoms with Crippen LogP contribution in [0.15, 0.2) is 59.4 Å². The Kier molecular flexibility index (Phi) is 8.65. The lowest BCUT2D eigenvalue weighted by molar-refractivity contribution is -0.138. The Hall–Kier alpha value is -3.70. The molecule has 8 nitrogen and oxygen atoms in total. The van der Waals surface area contributed by atoms with Crippen LogP contribution in [0.2, 0.25) is 5.02 Å². The number of alkyl halides is 3. The molecule has 0 aliphatic carbocycles. The largest absolute Gasteiger partial charge is 0.417 e. The highest BCUT2D eigenvalue weighted by atomic mass is 35.5. The molecule has 4 aromatic rings. The van der Waals surface area contributed by atoms with Gasteiger partial charge in [-0.2, -0.15) is 22.8 Å². The highest BCUT2D eigenvalue weighted by Gasteiger charge is 2.39. The van der Waals surface area contributed by atoms with Gasteiger partial charge in [-0.15, -0.1) is 0 Å². The lowest BCUT2D eigenvalue weighted by Crippen LogP contribution is -2.43. The van der Waals surface area contributed by atoms with Crippen molar-refractivity contribution >= 4 is 23.2 Å². The van der Waals surface area contributed by atoms with Gasteiger partial charge in [-0.1, -0.05) is 67.9 Å². The van der Waals surface area contributed by atoms with Crippen molar-refractivity contribution in [3.05, 3.63) is 98.3 Å². The normalized spacial score (nSPS) is 12.7. The third kappa shape index (κ3) is 5.75. The van der Waals surface area contributed by atoms with Crippen LogP contribution in [0.4, 0.5) is 13.2 Å². The van der Waals surface area contributed by atoms with Gasteiger partial charge >= 0.3 is 11.9 Å². The van der Waals surface area contributed by atoms with Gasteiger partial charge in [0, 0.05) is 6.54 Å². The number of nitrogens with two attached hydrogens (primary N) is 1. The molecule has 2 aromatic heterocycles. The number of hydrogen-bond donors (Lipinski definition) is 1. The van der Waals surface area contributed by atoms with Gasteiger partial charge in [0.2, 0.25) is 0 Å². The van der Waals surface area contributed by atoms with Crippen molar-refractivity contribution in [3.8, 4) is 0 Å². The second-order valence-electron chi connectivity index (χ2n) is 9.83. The number of fused-ring (bicyclic) bond motifs is 1. The van der Waals surface area contributed by atoms with E-state index in [1.165, 1.54) is 21.6 Å². The van der Waals surface area contributed by atoms with Crippen molar-refractivity contribution in [2.45, 2.75) is 46.0 Å². The third-order valence-corrected chi connectivity index (χ3v) is 7.06. The zero-order chi connectivity index (χ0) is 29.2. The molecular formula is C28H30ClF3N6O2. The SMILES string of the molecule is Cc1nn2c(=O)n(Cc3ccccc3)c(C(C(C)C)N(CCCN)C(=O)c3ccccc3C(F)(F)F)nc2c1Cl. The number of amides is 1. The number of halogens is 4. The Bertz CT molecular complexity index is 1570. The van der Waals surface area contributed by atoms with Gasteiger partial charge in [0.25, 0.3) is 5.91 Å². The van der Waals surface area contributed by atoms with Gasteiger partial charge in [0.05, 0.1) is 29.4 Å². The van der Waals surface area contributed by atoms with Gasteiger partial charge in [-0.05, 0) is 43.5 Å². The molecule has 0 fully saturated rings. The summed E-state index contributed by atoms with van der Waals surface area (Å²) in [5.41, 5.74) is 4.98. The molecule has 0 radical (unpaired) electrons. The fourth-order valence-corrected chi connectivity index (χ4v) is 4.91. The predicted molar refractivity (Wildman–Crippen MR) is 146 cm³/mol. The monoisotopic (exact) mass is 574 g/mol. The first-order chi connectivity index (χ1) is 19.0. The summed E-state index contributed by atoms with van der Waals surface area (Å²) in [5.74, 6) is -1.01. The molecular weight excluding hydrogens is 545 g/mol. The van der Waals surface area contributed by atoms with Crippen LogP contribution in [0.25, 0.3) is 5.65 Å². The number of benzene rings is 2. The second-order valence-corrected chi connectivity index (χ2v) is 10.2. The number of hydrogen-bond acceptors (Lipinski definition) is 5. The van der Waals surface area contributed by atoms with Crippen LogP contribution in [0, 0.1) is 12.8 Å². The molecule has 0 aliphatic heterocycles. The molecule has 212 valence electrons. The molecule has 40 heavy (non-hydrogen) atoms. The van der Waals surface area contributed by atoms with E-state index in [0.717, 1.165) is 22.2 Å². The smallest absolute Gasteiger partial charge is 0.330 e. The van der Waals surface area contributed by atoms with E-state index in [9.17, 15) is 22.8 Å². The van der Waals surface area contributed by atoms with Crippen LogP contribution in [0.1, 0.15) is 59.3 Å². The van der Waals surface area contributed by atoms with E-state index in [4.69, 9.17) is 22.3 Å². The van der Waals surface area contributed by atoms with E-state index < -0.39 is 34.9 Å². The van der Waals surface area contributed by atoms with Crippen molar-refractivity contribution < 1.29 is 18.0 Å². The fraction of sp³-hybridized carbons (Fsp3) is 0.357. The Morgan fingerprint density at radius 2 is 1.75 bits per heavy atom. The van der Waals surface area contributed by atoms with Crippen LogP contribution >= 0.6 is 11.6 Å². The van der Waals surface area contributed by atoms with Crippen LogP contribution < -0.4 is 11.4 Å². The van der Waals surface area contributed by atoms with E-state index in [1.807, 2.05) is 44.2 Å². The predicted octanol–water partition coefficient (Wildman–Crippen LogP) is 5.11. The summed E-state index contributed by atoms with van der Waals surface area (Å²) in [7, 11) is 0. The summed E-state index contributed by atoms with van der Waals surface area (Å²) in [5, 5.41) is 4.42. The summed E-state index contributed by atoms with van der Waals surface area (Å²) in [6.45, 7) is 5.61. The highest BCUT2D eigenvalue weighted by Crippen LogP contribution is 2.35. The molecule has 4 rings (SSSR count). The van der Waals surface area contributed by atoms with Crippen LogP contribution in [0.3, 0.4) is 0 Å². The molecule has 1 amide bonds. The van der Waals surface area contributed by atoms with E-state index in [0.29, 0.717) is 12.1 Å². The molecule has 12 heteroatoms. The van der Waals surface area contributed by atoms with Gasteiger partial charge in [-0.3, -0.25) is 9.36 Å². The first-order valence-electron chi connectivity index (χ1n) is 12.8. The van der Waals surface area contributed by atoms with E-state index in [2.05, 4.69) is 5.10 Å². The number of carbonyl (C=O) groups is 1. The minimum Gasteiger partial charge on any atom is -0.330 e. The molecule has 0 bridgehead atoms. The molecule has 1 atom stereocenters. The molecule has 0 saturated carbocycles. The molecule has 0 aliphatic rings. The number of rotatable bonds is 9. The van der Waals surface area contributed by atoms with Crippen molar-refractivity contribution in [3.63, 3.8) is 0 Å². The highest BCUT2D eigenvalue weighted by molar-refractivity contribution is 6.34. The minimum absolute atomic E-state index is 0.0444. The van der Waals surface area contributed by atoms with Gasteiger partial charge in [0.15, 0.2) is 5.65 Å². The van der Waals surface area contributed by atoms with Gasteiger partial charge < -0.3 is 10.6 Å². The van der Waals surface area contributed by atoms with Crippen molar-refractivity contribution in [2.75, 3.05) is 13.1 Å². The first kappa shape index (κ1) is 29.3.